The van der Waals surface area contributed by atoms with Gasteiger partial charge in [0, 0.05) is 19.5 Å². The quantitative estimate of drug-likeness (QED) is 0.462. The van der Waals surface area contributed by atoms with Crippen molar-refractivity contribution in [3.05, 3.63) is 0 Å². The van der Waals surface area contributed by atoms with Crippen LogP contribution in [0.1, 0.15) is 6.42 Å². The van der Waals surface area contributed by atoms with Crippen LogP contribution in [0, 0.1) is 5.92 Å². The lowest BCUT2D eigenvalue weighted by Crippen LogP contribution is -2.38. The molecule has 4 nitrogen and oxygen atoms in total. The van der Waals surface area contributed by atoms with Gasteiger partial charge in [-0.25, -0.2) is 4.79 Å². The van der Waals surface area contributed by atoms with E-state index in [1.165, 1.54) is 0 Å². The molecule has 4 heteroatoms. The van der Waals surface area contributed by atoms with Crippen molar-refractivity contribution in [3.8, 4) is 0 Å². The second-order valence-electron chi connectivity index (χ2n) is 2.50. The Hall–Kier alpha value is -0.900. The Kier molecular flexibility index (Phi) is 1.20. The molecule has 2 heterocycles. The van der Waals surface area contributed by atoms with Gasteiger partial charge in [0.15, 0.2) is 0 Å². The molecule has 1 fully saturated rings. The fourth-order valence-corrected chi connectivity index (χ4v) is 1.25. The molecule has 1 saturated heterocycles. The van der Waals surface area contributed by atoms with E-state index in [0.717, 1.165) is 18.7 Å². The predicted octanol–water partition coefficient (Wildman–Crippen LogP) is -0.491. The first-order valence-electron chi connectivity index (χ1n) is 3.36. The third kappa shape index (κ3) is 0.724. The SMILES string of the molecule is O=C1ON=C2CCNCC12. The van der Waals surface area contributed by atoms with Crippen LogP contribution in [-0.4, -0.2) is 24.8 Å². The van der Waals surface area contributed by atoms with Crippen LogP contribution in [0.25, 0.3) is 0 Å². The van der Waals surface area contributed by atoms with Crippen molar-refractivity contribution in [2.24, 2.45) is 11.1 Å². The normalized spacial score (nSPS) is 31.0. The average Bonchev–Trinajstić information content (AvgIpc) is 2.34. The van der Waals surface area contributed by atoms with E-state index in [1.54, 1.807) is 0 Å². The third-order valence-electron chi connectivity index (χ3n) is 1.85. The first-order chi connectivity index (χ1) is 4.88. The van der Waals surface area contributed by atoms with E-state index >= 15 is 0 Å². The van der Waals surface area contributed by atoms with Gasteiger partial charge in [0.2, 0.25) is 0 Å². The maximum absolute atomic E-state index is 10.8. The predicted molar refractivity (Wildman–Crippen MR) is 34.5 cm³/mol. The number of hydrogen-bond donors (Lipinski definition) is 1. The van der Waals surface area contributed by atoms with E-state index < -0.39 is 0 Å². The van der Waals surface area contributed by atoms with Gasteiger partial charge in [-0.1, -0.05) is 5.16 Å². The van der Waals surface area contributed by atoms with Crippen molar-refractivity contribution in [2.75, 3.05) is 13.1 Å². The van der Waals surface area contributed by atoms with Crippen LogP contribution >= 0.6 is 0 Å². The molecule has 0 aromatic rings. The van der Waals surface area contributed by atoms with Gasteiger partial charge in [-0.05, 0) is 0 Å². The molecule has 0 saturated carbocycles. The highest BCUT2D eigenvalue weighted by Crippen LogP contribution is 2.15. The largest absolute Gasteiger partial charge is 0.345 e. The summed E-state index contributed by atoms with van der Waals surface area (Å²) in [5.74, 6) is -0.295. The smallest absolute Gasteiger partial charge is 0.318 e. The van der Waals surface area contributed by atoms with Crippen LogP contribution in [-0.2, 0) is 9.63 Å². The molecule has 0 bridgehead atoms. The van der Waals surface area contributed by atoms with E-state index in [2.05, 4.69) is 15.3 Å². The molecule has 0 spiro atoms. The number of carbonyl (C=O) groups excluding carboxylic acids is 1. The van der Waals surface area contributed by atoms with Gasteiger partial charge >= 0.3 is 5.97 Å². The Labute approximate surface area is 58.2 Å². The molecule has 2 aliphatic rings. The first kappa shape index (κ1) is 5.85. The number of fused-ring (bicyclic) bond motifs is 1. The van der Waals surface area contributed by atoms with Gasteiger partial charge < -0.3 is 10.2 Å². The molecule has 54 valence electrons. The Morgan fingerprint density at radius 1 is 1.70 bits per heavy atom. The van der Waals surface area contributed by atoms with E-state index in [9.17, 15) is 4.79 Å². The highest BCUT2D eigenvalue weighted by atomic mass is 16.7. The molecule has 0 aliphatic carbocycles. The van der Waals surface area contributed by atoms with Crippen LogP contribution in [0.4, 0.5) is 0 Å². The maximum Gasteiger partial charge on any atom is 0.345 e. The summed E-state index contributed by atoms with van der Waals surface area (Å²) < 4.78 is 0. The fraction of sp³-hybridized carbons (Fsp3) is 0.667. The van der Waals surface area contributed by atoms with Gasteiger partial charge in [0.25, 0.3) is 0 Å². The van der Waals surface area contributed by atoms with E-state index in [-0.39, 0.29) is 11.9 Å². The molecule has 1 N–H and O–H groups in total. The molecule has 1 atom stereocenters. The van der Waals surface area contributed by atoms with Crippen LogP contribution in [0.3, 0.4) is 0 Å². The minimum atomic E-state index is -0.206. The number of nitrogens with one attached hydrogen (secondary N) is 1. The molecule has 2 aliphatic heterocycles. The lowest BCUT2D eigenvalue weighted by Gasteiger charge is -2.15. The lowest BCUT2D eigenvalue weighted by atomic mass is 9.98. The Bertz CT molecular complexity index is 200. The minimum absolute atomic E-state index is 0.0891. The zero-order valence-corrected chi connectivity index (χ0v) is 5.46. The summed E-state index contributed by atoms with van der Waals surface area (Å²) >= 11 is 0. The van der Waals surface area contributed by atoms with Crippen molar-refractivity contribution in [1.29, 1.82) is 0 Å². The standard InChI is InChI=1S/C6H8N2O2/c9-6-4-3-7-2-1-5(4)8-10-6/h4,7H,1-3H2. The van der Waals surface area contributed by atoms with E-state index in [1.807, 2.05) is 0 Å². The van der Waals surface area contributed by atoms with Crippen molar-refractivity contribution in [3.63, 3.8) is 0 Å². The second-order valence-corrected chi connectivity index (χ2v) is 2.50. The van der Waals surface area contributed by atoms with Gasteiger partial charge in [-0.3, -0.25) is 0 Å². The zero-order chi connectivity index (χ0) is 6.97. The highest BCUT2D eigenvalue weighted by molar-refractivity contribution is 6.05. The molecule has 0 aromatic heterocycles. The van der Waals surface area contributed by atoms with E-state index in [4.69, 9.17) is 0 Å². The minimum Gasteiger partial charge on any atom is -0.318 e. The van der Waals surface area contributed by atoms with Crippen molar-refractivity contribution >= 4 is 11.7 Å². The van der Waals surface area contributed by atoms with Crippen LogP contribution in [0.5, 0.6) is 0 Å². The maximum atomic E-state index is 10.8. The summed E-state index contributed by atoms with van der Waals surface area (Å²) in [6, 6.07) is 0. The Morgan fingerprint density at radius 3 is 3.40 bits per heavy atom. The molecule has 2 rings (SSSR count). The Morgan fingerprint density at radius 2 is 2.60 bits per heavy atom. The van der Waals surface area contributed by atoms with Gasteiger partial charge in [-0.15, -0.1) is 0 Å². The molecule has 0 aromatic carbocycles. The Balaban J connectivity index is 2.18. The molecule has 0 amide bonds. The summed E-state index contributed by atoms with van der Waals surface area (Å²) in [7, 11) is 0. The molecule has 10 heavy (non-hydrogen) atoms. The molecular weight excluding hydrogens is 132 g/mol. The summed E-state index contributed by atoms with van der Waals surface area (Å²) in [6.45, 7) is 1.60. The van der Waals surface area contributed by atoms with Crippen molar-refractivity contribution in [2.45, 2.75) is 6.42 Å². The average molecular weight is 140 g/mol. The van der Waals surface area contributed by atoms with E-state index in [0.29, 0.717) is 6.54 Å². The van der Waals surface area contributed by atoms with Gasteiger partial charge in [0.1, 0.15) is 5.92 Å². The number of carbonyl (C=O) groups is 1. The summed E-state index contributed by atoms with van der Waals surface area (Å²) in [5, 5.41) is 6.77. The van der Waals surface area contributed by atoms with Gasteiger partial charge in [-0.2, -0.15) is 0 Å². The number of piperidine rings is 1. The number of rotatable bonds is 0. The lowest BCUT2D eigenvalue weighted by molar-refractivity contribution is -0.143. The van der Waals surface area contributed by atoms with Crippen LogP contribution < -0.4 is 5.32 Å². The number of nitrogens with zero attached hydrogens (tertiary/aromatic N) is 1. The summed E-state index contributed by atoms with van der Waals surface area (Å²) in [6.07, 6.45) is 0.844. The van der Waals surface area contributed by atoms with Crippen LogP contribution in [0.15, 0.2) is 5.16 Å². The van der Waals surface area contributed by atoms with Crippen molar-refractivity contribution < 1.29 is 9.63 Å². The topological polar surface area (TPSA) is 50.7 Å². The molecular formula is C6H8N2O2. The van der Waals surface area contributed by atoms with Gasteiger partial charge in [0.05, 0.1) is 5.71 Å². The summed E-state index contributed by atoms with van der Waals surface area (Å²) in [4.78, 5) is 15.3. The second kappa shape index (κ2) is 2.05. The first-order valence-corrected chi connectivity index (χ1v) is 3.36. The molecule has 1 unspecified atom stereocenters. The monoisotopic (exact) mass is 140 g/mol. The summed E-state index contributed by atoms with van der Waals surface area (Å²) in [5.41, 5.74) is 0.906. The molecule has 0 radical (unpaired) electrons. The fourth-order valence-electron chi connectivity index (χ4n) is 1.25. The van der Waals surface area contributed by atoms with Crippen molar-refractivity contribution in [1.82, 2.24) is 5.32 Å². The number of oxime groups is 1. The number of hydrogen-bond acceptors (Lipinski definition) is 4. The third-order valence-corrected chi connectivity index (χ3v) is 1.85. The highest BCUT2D eigenvalue weighted by Gasteiger charge is 2.33. The zero-order valence-electron chi connectivity index (χ0n) is 5.46. The van der Waals surface area contributed by atoms with Crippen LogP contribution in [0.2, 0.25) is 0 Å².